The number of esters is 1. The summed E-state index contributed by atoms with van der Waals surface area (Å²) in [6.07, 6.45) is 2.72. The van der Waals surface area contributed by atoms with E-state index in [4.69, 9.17) is 10.00 Å². The second-order valence-electron chi connectivity index (χ2n) is 5.52. The lowest BCUT2D eigenvalue weighted by molar-refractivity contribution is -0.147. The summed E-state index contributed by atoms with van der Waals surface area (Å²) >= 11 is 0. The van der Waals surface area contributed by atoms with Crippen LogP contribution in [0.15, 0.2) is 54.6 Å². The first-order chi connectivity index (χ1) is 12.5. The van der Waals surface area contributed by atoms with Gasteiger partial charge in [-0.05, 0) is 29.8 Å². The largest absolute Gasteiger partial charge is 0.452 e. The SMILES string of the molecule is CN(Cc1ccccc1F)C(=O)COC(=O)/C=C/c1ccc(C#N)cc1. The number of likely N-dealkylation sites (N-methyl/N-ethyl adjacent to an activating group) is 1. The van der Waals surface area contributed by atoms with E-state index in [0.717, 1.165) is 5.56 Å². The van der Waals surface area contributed by atoms with Gasteiger partial charge in [0, 0.05) is 25.2 Å². The van der Waals surface area contributed by atoms with Crippen LogP contribution in [-0.2, 0) is 20.9 Å². The maximum Gasteiger partial charge on any atom is 0.331 e. The van der Waals surface area contributed by atoms with Crippen molar-refractivity contribution in [2.75, 3.05) is 13.7 Å². The molecule has 0 aliphatic heterocycles. The van der Waals surface area contributed by atoms with Crippen molar-refractivity contribution in [1.82, 2.24) is 4.90 Å². The average Bonchev–Trinajstić information content (AvgIpc) is 2.66. The van der Waals surface area contributed by atoms with Gasteiger partial charge < -0.3 is 9.64 Å². The lowest BCUT2D eigenvalue weighted by Crippen LogP contribution is -2.30. The Balaban J connectivity index is 1.82. The van der Waals surface area contributed by atoms with E-state index in [0.29, 0.717) is 11.1 Å². The van der Waals surface area contributed by atoms with Crippen LogP contribution in [-0.4, -0.2) is 30.4 Å². The lowest BCUT2D eigenvalue weighted by atomic mass is 10.1. The molecule has 0 heterocycles. The third kappa shape index (κ3) is 5.56. The molecule has 0 fully saturated rings. The molecule has 0 unspecified atom stereocenters. The van der Waals surface area contributed by atoms with Gasteiger partial charge in [-0.3, -0.25) is 4.79 Å². The van der Waals surface area contributed by atoms with Crippen molar-refractivity contribution >= 4 is 18.0 Å². The smallest absolute Gasteiger partial charge is 0.331 e. The minimum Gasteiger partial charge on any atom is -0.452 e. The van der Waals surface area contributed by atoms with E-state index in [2.05, 4.69) is 0 Å². The Morgan fingerprint density at radius 2 is 1.88 bits per heavy atom. The summed E-state index contributed by atoms with van der Waals surface area (Å²) in [5.74, 6) is -1.50. The topological polar surface area (TPSA) is 70.4 Å². The Kier molecular flexibility index (Phi) is 6.63. The molecule has 26 heavy (non-hydrogen) atoms. The summed E-state index contributed by atoms with van der Waals surface area (Å²) in [5.41, 5.74) is 1.63. The van der Waals surface area contributed by atoms with Crippen LogP contribution in [0.5, 0.6) is 0 Å². The molecule has 132 valence electrons. The van der Waals surface area contributed by atoms with Crippen LogP contribution in [0.25, 0.3) is 6.08 Å². The quantitative estimate of drug-likeness (QED) is 0.592. The first-order valence-corrected chi connectivity index (χ1v) is 7.82. The van der Waals surface area contributed by atoms with Crippen LogP contribution in [0.3, 0.4) is 0 Å². The molecule has 0 saturated carbocycles. The zero-order chi connectivity index (χ0) is 18.9. The molecule has 0 aliphatic rings. The molecule has 0 radical (unpaired) electrons. The molecule has 0 bridgehead atoms. The van der Waals surface area contributed by atoms with Gasteiger partial charge in [0.1, 0.15) is 5.82 Å². The molecule has 2 aromatic carbocycles. The van der Waals surface area contributed by atoms with E-state index in [1.54, 1.807) is 42.5 Å². The standard InChI is InChI=1S/C20H17FN2O3/c1-23(13-17-4-2-3-5-18(17)21)19(24)14-26-20(25)11-10-15-6-8-16(12-22)9-7-15/h2-11H,13-14H2,1H3/b11-10+. The number of halogens is 1. The summed E-state index contributed by atoms with van der Waals surface area (Å²) in [5, 5.41) is 8.72. The van der Waals surface area contributed by atoms with Gasteiger partial charge in [0.15, 0.2) is 6.61 Å². The molecule has 5 nitrogen and oxygen atoms in total. The predicted molar refractivity (Wildman–Crippen MR) is 94.0 cm³/mol. The Morgan fingerprint density at radius 1 is 1.19 bits per heavy atom. The van der Waals surface area contributed by atoms with Crippen LogP contribution in [0.4, 0.5) is 4.39 Å². The zero-order valence-corrected chi connectivity index (χ0v) is 14.2. The van der Waals surface area contributed by atoms with Gasteiger partial charge in [0.2, 0.25) is 0 Å². The number of hydrogen-bond donors (Lipinski definition) is 0. The van der Waals surface area contributed by atoms with Crippen LogP contribution in [0.1, 0.15) is 16.7 Å². The van der Waals surface area contributed by atoms with E-state index < -0.39 is 24.3 Å². The number of benzene rings is 2. The second kappa shape index (κ2) is 9.14. The molecular formula is C20H17FN2O3. The molecule has 0 N–H and O–H groups in total. The van der Waals surface area contributed by atoms with E-state index >= 15 is 0 Å². The van der Waals surface area contributed by atoms with Gasteiger partial charge in [0.05, 0.1) is 11.6 Å². The number of amides is 1. The molecule has 2 aromatic rings. The number of carbonyl (C=O) groups excluding carboxylic acids is 2. The Hall–Kier alpha value is -3.46. The van der Waals surface area contributed by atoms with E-state index in [9.17, 15) is 14.0 Å². The third-order valence-corrected chi connectivity index (χ3v) is 3.58. The fourth-order valence-electron chi connectivity index (χ4n) is 2.09. The first kappa shape index (κ1) is 18.9. The van der Waals surface area contributed by atoms with Gasteiger partial charge in [-0.15, -0.1) is 0 Å². The zero-order valence-electron chi connectivity index (χ0n) is 14.2. The van der Waals surface area contributed by atoms with E-state index in [1.165, 1.54) is 30.2 Å². The van der Waals surface area contributed by atoms with Gasteiger partial charge in [0.25, 0.3) is 5.91 Å². The Morgan fingerprint density at radius 3 is 2.54 bits per heavy atom. The highest BCUT2D eigenvalue weighted by Gasteiger charge is 2.13. The summed E-state index contributed by atoms with van der Waals surface area (Å²) in [4.78, 5) is 25.0. The number of rotatable bonds is 6. The van der Waals surface area contributed by atoms with Crippen molar-refractivity contribution in [3.63, 3.8) is 0 Å². The van der Waals surface area contributed by atoms with E-state index in [1.807, 2.05) is 6.07 Å². The highest BCUT2D eigenvalue weighted by atomic mass is 19.1. The van der Waals surface area contributed by atoms with Crippen molar-refractivity contribution in [2.45, 2.75) is 6.54 Å². The van der Waals surface area contributed by atoms with E-state index in [-0.39, 0.29) is 6.54 Å². The second-order valence-corrected chi connectivity index (χ2v) is 5.52. The Labute approximate surface area is 150 Å². The van der Waals surface area contributed by atoms with Gasteiger partial charge >= 0.3 is 5.97 Å². The number of carbonyl (C=O) groups is 2. The fourth-order valence-corrected chi connectivity index (χ4v) is 2.09. The summed E-state index contributed by atoms with van der Waals surface area (Å²) in [6, 6.07) is 14.8. The van der Waals surface area contributed by atoms with Gasteiger partial charge in [-0.25, -0.2) is 9.18 Å². The molecule has 2 rings (SSSR count). The number of nitriles is 1. The van der Waals surface area contributed by atoms with Crippen LogP contribution < -0.4 is 0 Å². The predicted octanol–water partition coefficient (Wildman–Crippen LogP) is 2.91. The monoisotopic (exact) mass is 352 g/mol. The van der Waals surface area contributed by atoms with Crippen molar-refractivity contribution in [3.05, 3.63) is 77.1 Å². The molecule has 1 amide bonds. The first-order valence-electron chi connectivity index (χ1n) is 7.82. The average molecular weight is 352 g/mol. The van der Waals surface area contributed by atoms with Crippen molar-refractivity contribution in [1.29, 1.82) is 5.26 Å². The van der Waals surface area contributed by atoms with Crippen LogP contribution >= 0.6 is 0 Å². The third-order valence-electron chi connectivity index (χ3n) is 3.58. The fraction of sp³-hybridized carbons (Fsp3) is 0.150. The maximum absolute atomic E-state index is 13.6. The summed E-state index contributed by atoms with van der Waals surface area (Å²) < 4.78 is 18.5. The van der Waals surface area contributed by atoms with Crippen molar-refractivity contribution in [3.8, 4) is 6.07 Å². The van der Waals surface area contributed by atoms with Crippen LogP contribution in [0, 0.1) is 17.1 Å². The molecule has 0 aromatic heterocycles. The number of nitrogens with zero attached hydrogens (tertiary/aromatic N) is 2. The van der Waals surface area contributed by atoms with Crippen molar-refractivity contribution in [2.24, 2.45) is 0 Å². The Bertz CT molecular complexity index is 854. The molecule has 6 heteroatoms. The molecule has 0 saturated heterocycles. The minimum atomic E-state index is -0.665. The maximum atomic E-state index is 13.6. The normalized spacial score (nSPS) is 10.3. The van der Waals surface area contributed by atoms with Gasteiger partial charge in [-0.2, -0.15) is 5.26 Å². The number of hydrogen-bond acceptors (Lipinski definition) is 4. The summed E-state index contributed by atoms with van der Waals surface area (Å²) in [7, 11) is 1.51. The summed E-state index contributed by atoms with van der Waals surface area (Å²) in [6.45, 7) is -0.342. The molecule has 0 aliphatic carbocycles. The molecular weight excluding hydrogens is 335 g/mol. The van der Waals surface area contributed by atoms with Crippen molar-refractivity contribution < 1.29 is 18.7 Å². The molecule has 0 spiro atoms. The molecule has 0 atom stereocenters. The van der Waals surface area contributed by atoms with Crippen LogP contribution in [0.2, 0.25) is 0 Å². The highest BCUT2D eigenvalue weighted by Crippen LogP contribution is 2.09. The van der Waals surface area contributed by atoms with Gasteiger partial charge in [-0.1, -0.05) is 30.3 Å². The lowest BCUT2D eigenvalue weighted by Gasteiger charge is -2.17. The minimum absolute atomic E-state index is 0.0874. The highest BCUT2D eigenvalue weighted by molar-refractivity contribution is 5.89. The number of ether oxygens (including phenoxy) is 1.